The lowest BCUT2D eigenvalue weighted by molar-refractivity contribution is -0.144. The summed E-state index contributed by atoms with van der Waals surface area (Å²) in [6.07, 6.45) is 1.33. The number of ether oxygens (including phenoxy) is 1. The molecule has 0 spiro atoms. The lowest BCUT2D eigenvalue weighted by Gasteiger charge is -2.25. The van der Waals surface area contributed by atoms with Crippen molar-refractivity contribution in [1.29, 1.82) is 0 Å². The van der Waals surface area contributed by atoms with Crippen molar-refractivity contribution in [2.24, 2.45) is 0 Å². The lowest BCUT2D eigenvalue weighted by atomic mass is 10.5. The Kier molecular flexibility index (Phi) is 4.29. The van der Waals surface area contributed by atoms with Crippen LogP contribution in [-0.2, 0) is 9.53 Å². The van der Waals surface area contributed by atoms with Crippen molar-refractivity contribution < 1.29 is 9.53 Å². The third kappa shape index (κ3) is 3.27. The summed E-state index contributed by atoms with van der Waals surface area (Å²) < 4.78 is 5.56. The van der Waals surface area contributed by atoms with Crippen molar-refractivity contribution in [3.05, 3.63) is 0 Å². The first-order chi connectivity index (χ1) is 5.70. The van der Waals surface area contributed by atoms with Crippen molar-refractivity contribution in [3.63, 3.8) is 0 Å². The normalized spacial score (nSPS) is 21.8. The molecular formula is C8H14O2S2. The number of rotatable bonds is 2. The van der Waals surface area contributed by atoms with Crippen LogP contribution >= 0.6 is 23.5 Å². The maximum Gasteiger partial charge on any atom is 0.302 e. The highest BCUT2D eigenvalue weighted by Crippen LogP contribution is 2.33. The average molecular weight is 206 g/mol. The molecule has 1 fully saturated rings. The molecule has 2 nitrogen and oxygen atoms in total. The number of carbonyl (C=O) groups is 1. The smallest absolute Gasteiger partial charge is 0.302 e. The Bertz CT molecular complexity index is 155. The molecule has 1 aliphatic rings. The van der Waals surface area contributed by atoms with Gasteiger partial charge in [0.15, 0.2) is 0 Å². The Morgan fingerprint density at radius 2 is 2.08 bits per heavy atom. The Balaban J connectivity index is 2.29. The van der Waals surface area contributed by atoms with Gasteiger partial charge >= 0.3 is 5.97 Å². The highest BCUT2D eigenvalue weighted by Gasteiger charge is 2.22. The first-order valence-corrected chi connectivity index (χ1v) is 6.20. The molecule has 0 bridgehead atoms. The van der Waals surface area contributed by atoms with Crippen LogP contribution in [0.1, 0.15) is 20.3 Å². The quantitative estimate of drug-likeness (QED) is 0.647. The van der Waals surface area contributed by atoms with Crippen molar-refractivity contribution >= 4 is 29.5 Å². The van der Waals surface area contributed by atoms with Gasteiger partial charge in [-0.15, -0.1) is 23.5 Å². The van der Waals surface area contributed by atoms with Crippen LogP contribution in [0.4, 0.5) is 0 Å². The van der Waals surface area contributed by atoms with Gasteiger partial charge in [0.1, 0.15) is 6.10 Å². The van der Waals surface area contributed by atoms with Gasteiger partial charge in [-0.25, -0.2) is 0 Å². The summed E-state index contributed by atoms with van der Waals surface area (Å²) in [5.41, 5.74) is 0. The molecule has 0 aromatic heterocycles. The zero-order valence-electron chi connectivity index (χ0n) is 7.41. The van der Waals surface area contributed by atoms with Crippen LogP contribution in [0, 0.1) is 0 Å². The molecule has 0 saturated carbocycles. The second-order valence-corrected chi connectivity index (χ2v) is 5.58. The van der Waals surface area contributed by atoms with Crippen LogP contribution in [0.2, 0.25) is 0 Å². The maximum atomic E-state index is 10.7. The molecule has 0 aromatic rings. The van der Waals surface area contributed by atoms with Gasteiger partial charge in [-0.1, -0.05) is 0 Å². The fourth-order valence-corrected chi connectivity index (χ4v) is 3.98. The van der Waals surface area contributed by atoms with Gasteiger partial charge in [-0.05, 0) is 24.9 Å². The summed E-state index contributed by atoms with van der Waals surface area (Å²) in [7, 11) is 0. The van der Waals surface area contributed by atoms with E-state index in [2.05, 4.69) is 0 Å². The van der Waals surface area contributed by atoms with Crippen molar-refractivity contribution in [3.8, 4) is 0 Å². The SMILES string of the molecule is CC(=O)O[C@@H](C)C1SCCCS1. The Labute approximate surface area is 81.8 Å². The summed E-state index contributed by atoms with van der Waals surface area (Å²) in [4.78, 5) is 10.7. The van der Waals surface area contributed by atoms with E-state index in [-0.39, 0.29) is 12.1 Å². The topological polar surface area (TPSA) is 26.3 Å². The molecule has 0 aliphatic carbocycles. The monoisotopic (exact) mass is 206 g/mol. The van der Waals surface area contributed by atoms with Gasteiger partial charge in [-0.2, -0.15) is 0 Å². The molecular weight excluding hydrogens is 192 g/mol. The fourth-order valence-electron chi connectivity index (χ4n) is 1.09. The Hall–Kier alpha value is 0.170. The van der Waals surface area contributed by atoms with E-state index in [1.807, 2.05) is 30.4 Å². The van der Waals surface area contributed by atoms with E-state index in [9.17, 15) is 4.79 Å². The highest BCUT2D eigenvalue weighted by atomic mass is 32.2. The Morgan fingerprint density at radius 3 is 2.58 bits per heavy atom. The summed E-state index contributed by atoms with van der Waals surface area (Å²) >= 11 is 3.80. The van der Waals surface area contributed by atoms with Crippen LogP contribution < -0.4 is 0 Å². The number of esters is 1. The zero-order valence-corrected chi connectivity index (χ0v) is 9.04. The minimum Gasteiger partial charge on any atom is -0.461 e. The maximum absolute atomic E-state index is 10.7. The highest BCUT2D eigenvalue weighted by molar-refractivity contribution is 8.17. The van der Waals surface area contributed by atoms with Crippen molar-refractivity contribution in [2.75, 3.05) is 11.5 Å². The summed E-state index contributed by atoms with van der Waals surface area (Å²) in [5.74, 6) is 2.22. The number of thioether (sulfide) groups is 2. The number of hydrogen-bond acceptors (Lipinski definition) is 4. The van der Waals surface area contributed by atoms with E-state index in [0.29, 0.717) is 4.58 Å². The Morgan fingerprint density at radius 1 is 1.50 bits per heavy atom. The van der Waals surface area contributed by atoms with Gasteiger partial charge in [0.25, 0.3) is 0 Å². The van der Waals surface area contributed by atoms with Crippen molar-refractivity contribution in [2.45, 2.75) is 31.0 Å². The molecule has 12 heavy (non-hydrogen) atoms. The van der Waals surface area contributed by atoms with Gasteiger partial charge in [0, 0.05) is 6.92 Å². The van der Waals surface area contributed by atoms with Crippen LogP contribution in [0.5, 0.6) is 0 Å². The molecule has 0 aromatic carbocycles. The average Bonchev–Trinajstić information content (AvgIpc) is 2.05. The van der Waals surface area contributed by atoms with E-state index in [0.717, 1.165) is 0 Å². The molecule has 0 radical (unpaired) electrons. The van der Waals surface area contributed by atoms with Gasteiger partial charge in [0.05, 0.1) is 4.58 Å². The van der Waals surface area contributed by atoms with E-state index in [4.69, 9.17) is 4.74 Å². The number of carbonyl (C=O) groups excluding carboxylic acids is 1. The first kappa shape index (κ1) is 10.3. The third-order valence-corrected chi connectivity index (χ3v) is 4.88. The third-order valence-electron chi connectivity index (χ3n) is 1.59. The van der Waals surface area contributed by atoms with Gasteiger partial charge < -0.3 is 4.74 Å². The second-order valence-electron chi connectivity index (χ2n) is 2.78. The molecule has 1 heterocycles. The predicted molar refractivity (Wildman–Crippen MR) is 54.5 cm³/mol. The minimum absolute atomic E-state index is 0.0535. The van der Waals surface area contributed by atoms with E-state index in [1.54, 1.807) is 0 Å². The fraction of sp³-hybridized carbons (Fsp3) is 0.875. The van der Waals surface area contributed by atoms with Gasteiger partial charge in [-0.3, -0.25) is 4.79 Å². The molecule has 70 valence electrons. The van der Waals surface area contributed by atoms with Crippen LogP contribution in [0.15, 0.2) is 0 Å². The first-order valence-electron chi connectivity index (χ1n) is 4.10. The van der Waals surface area contributed by atoms with Crippen LogP contribution in [-0.4, -0.2) is 28.2 Å². The van der Waals surface area contributed by atoms with Crippen molar-refractivity contribution in [1.82, 2.24) is 0 Å². The molecule has 0 unspecified atom stereocenters. The molecule has 0 N–H and O–H groups in total. The predicted octanol–water partition coefficient (Wildman–Crippen LogP) is 2.13. The van der Waals surface area contributed by atoms with Crippen LogP contribution in [0.25, 0.3) is 0 Å². The van der Waals surface area contributed by atoms with E-state index < -0.39 is 0 Å². The summed E-state index contributed by atoms with van der Waals surface area (Å²) in [6.45, 7) is 3.44. The molecule has 1 saturated heterocycles. The van der Waals surface area contributed by atoms with Gasteiger partial charge in [0.2, 0.25) is 0 Å². The molecule has 1 rings (SSSR count). The second kappa shape index (κ2) is 5.02. The van der Waals surface area contributed by atoms with Crippen LogP contribution in [0.3, 0.4) is 0 Å². The molecule has 1 aliphatic heterocycles. The molecule has 4 heteroatoms. The van der Waals surface area contributed by atoms with E-state index >= 15 is 0 Å². The molecule has 0 amide bonds. The summed E-state index contributed by atoms with van der Waals surface area (Å²) in [6, 6.07) is 0. The standard InChI is InChI=1S/C8H14O2S2/c1-6(10-7(2)9)8-11-4-3-5-12-8/h6,8H,3-5H2,1-2H3/t6-/m0/s1. The zero-order chi connectivity index (χ0) is 8.97. The number of hydrogen-bond donors (Lipinski definition) is 0. The molecule has 1 atom stereocenters. The largest absolute Gasteiger partial charge is 0.461 e. The van der Waals surface area contributed by atoms with E-state index in [1.165, 1.54) is 24.9 Å². The minimum atomic E-state index is -0.172. The summed E-state index contributed by atoms with van der Waals surface area (Å²) in [5, 5.41) is 0. The lowest BCUT2D eigenvalue weighted by Crippen LogP contribution is -2.25.